The van der Waals surface area contributed by atoms with E-state index in [2.05, 4.69) is 20.4 Å². The summed E-state index contributed by atoms with van der Waals surface area (Å²) in [6, 6.07) is 5.80. The van der Waals surface area contributed by atoms with Gasteiger partial charge in [0.05, 0.1) is 6.42 Å². The van der Waals surface area contributed by atoms with Crippen LogP contribution in [-0.4, -0.2) is 50.0 Å². The van der Waals surface area contributed by atoms with E-state index in [1.165, 1.54) is 6.42 Å². The number of alkyl halides is 3. The average Bonchev–Trinajstić information content (AvgIpc) is 3.21. The first-order valence-corrected chi connectivity index (χ1v) is 11.1. The lowest BCUT2D eigenvalue weighted by Gasteiger charge is -2.34. The summed E-state index contributed by atoms with van der Waals surface area (Å²) in [5, 5.41) is 23.8. The highest BCUT2D eigenvalue weighted by atomic mass is 19.4. The minimum Gasteiger partial charge on any atom is -0.481 e. The molecule has 0 radical (unpaired) electrons. The van der Waals surface area contributed by atoms with Crippen LogP contribution in [0.2, 0.25) is 0 Å². The number of pyridine rings is 1. The molecule has 9 nitrogen and oxygen atoms in total. The molecule has 0 bridgehead atoms. The molecular formula is C22H29F3N4O5. The third-order valence-electron chi connectivity index (χ3n) is 5.52. The van der Waals surface area contributed by atoms with Gasteiger partial charge in [0.25, 0.3) is 0 Å². The number of rotatable bonds is 10. The third-order valence-corrected chi connectivity index (χ3v) is 5.52. The second kappa shape index (κ2) is 12.9. The molecule has 3 N–H and O–H groups in total. The quantitative estimate of drug-likeness (QED) is 0.414. The average molecular weight is 486 g/mol. The number of halogens is 3. The molecule has 0 aliphatic heterocycles. The molecule has 2 aromatic heterocycles. The van der Waals surface area contributed by atoms with Gasteiger partial charge in [-0.15, -0.1) is 0 Å². The van der Waals surface area contributed by atoms with Crippen LogP contribution in [0, 0.1) is 5.41 Å². The number of carboxylic acids is 2. The van der Waals surface area contributed by atoms with Crippen molar-refractivity contribution in [3.05, 3.63) is 36.1 Å². The van der Waals surface area contributed by atoms with Crippen LogP contribution in [0.4, 0.5) is 19.0 Å². The second-order valence-corrected chi connectivity index (χ2v) is 8.31. The Morgan fingerprint density at radius 3 is 2.41 bits per heavy atom. The van der Waals surface area contributed by atoms with Gasteiger partial charge in [-0.05, 0) is 43.2 Å². The highest BCUT2D eigenvalue weighted by molar-refractivity contribution is 5.73. The van der Waals surface area contributed by atoms with E-state index >= 15 is 0 Å². The molecule has 2 aromatic rings. The molecule has 1 saturated carbocycles. The molecule has 0 saturated heterocycles. The van der Waals surface area contributed by atoms with Gasteiger partial charge in [0.15, 0.2) is 5.82 Å². The lowest BCUT2D eigenvalue weighted by molar-refractivity contribution is -0.192. The fraction of sp³-hybridized carbons (Fsp3) is 0.591. The number of nitrogens with one attached hydrogen (secondary N) is 1. The van der Waals surface area contributed by atoms with E-state index in [0.29, 0.717) is 18.1 Å². The fourth-order valence-corrected chi connectivity index (χ4v) is 3.91. The van der Waals surface area contributed by atoms with Gasteiger partial charge < -0.3 is 20.1 Å². The van der Waals surface area contributed by atoms with Crippen molar-refractivity contribution in [2.45, 2.75) is 70.4 Å². The van der Waals surface area contributed by atoms with Gasteiger partial charge in [-0.3, -0.25) is 4.79 Å². The van der Waals surface area contributed by atoms with Gasteiger partial charge in [-0.2, -0.15) is 18.2 Å². The summed E-state index contributed by atoms with van der Waals surface area (Å²) in [5.41, 5.74) is -0.222. The summed E-state index contributed by atoms with van der Waals surface area (Å²) in [7, 11) is 0. The maximum atomic E-state index is 11.3. The largest absolute Gasteiger partial charge is 0.490 e. The zero-order valence-corrected chi connectivity index (χ0v) is 18.7. The van der Waals surface area contributed by atoms with E-state index in [9.17, 15) is 23.1 Å². The molecule has 3 rings (SSSR count). The second-order valence-electron chi connectivity index (χ2n) is 8.31. The standard InChI is InChI=1S/C20H28N4O3.C2HF3O2/c25-19(26)15-20(10-4-1-5-11-20)14-18-23-17(24-27-18)9-3-7-13-22-16-8-2-6-12-21-16;3-2(4,5)1(6)7/h2,6,8,12H,1,3-5,7,9-11,13-15H2,(H,21,22)(H,25,26);(H,6,7). The Morgan fingerprint density at radius 2 is 1.82 bits per heavy atom. The minimum absolute atomic E-state index is 0.184. The Balaban J connectivity index is 0.000000509. The fourth-order valence-electron chi connectivity index (χ4n) is 3.91. The van der Waals surface area contributed by atoms with E-state index in [-0.39, 0.29) is 11.8 Å². The Hall–Kier alpha value is -3.18. The van der Waals surface area contributed by atoms with Crippen LogP contribution >= 0.6 is 0 Å². The minimum atomic E-state index is -5.08. The number of anilines is 1. The molecule has 0 unspecified atom stereocenters. The van der Waals surface area contributed by atoms with Crippen molar-refractivity contribution in [1.82, 2.24) is 15.1 Å². The molecule has 1 aliphatic carbocycles. The van der Waals surface area contributed by atoms with Crippen LogP contribution in [0.1, 0.15) is 63.1 Å². The Kier molecular flexibility index (Phi) is 10.3. The molecule has 0 amide bonds. The molecule has 34 heavy (non-hydrogen) atoms. The molecule has 12 heteroatoms. The van der Waals surface area contributed by atoms with Crippen LogP contribution < -0.4 is 5.32 Å². The van der Waals surface area contributed by atoms with Crippen molar-refractivity contribution in [3.8, 4) is 0 Å². The monoisotopic (exact) mass is 486 g/mol. The highest BCUT2D eigenvalue weighted by Gasteiger charge is 2.38. The number of carbonyl (C=O) groups is 2. The Bertz CT molecular complexity index is 899. The van der Waals surface area contributed by atoms with Crippen molar-refractivity contribution >= 4 is 17.8 Å². The van der Waals surface area contributed by atoms with Crippen molar-refractivity contribution in [2.75, 3.05) is 11.9 Å². The van der Waals surface area contributed by atoms with Gasteiger partial charge in [0.1, 0.15) is 5.82 Å². The van der Waals surface area contributed by atoms with E-state index in [1.54, 1.807) is 6.20 Å². The SMILES string of the molecule is O=C(O)C(F)(F)F.O=C(O)CC1(Cc2nc(CCCCNc3ccccn3)no2)CCCCC1. The predicted octanol–water partition coefficient (Wildman–Crippen LogP) is 4.50. The van der Waals surface area contributed by atoms with Crippen LogP contribution in [0.15, 0.2) is 28.9 Å². The first kappa shape index (κ1) is 27.1. The summed E-state index contributed by atoms with van der Waals surface area (Å²) in [4.78, 5) is 28.9. The van der Waals surface area contributed by atoms with Crippen molar-refractivity contribution in [3.63, 3.8) is 0 Å². The van der Waals surface area contributed by atoms with Gasteiger partial charge >= 0.3 is 18.1 Å². The van der Waals surface area contributed by atoms with Gasteiger partial charge in [-0.1, -0.05) is 30.5 Å². The topological polar surface area (TPSA) is 138 Å². The first-order valence-electron chi connectivity index (χ1n) is 11.1. The Labute approximate surface area is 194 Å². The number of aromatic nitrogens is 3. The first-order chi connectivity index (χ1) is 16.1. The molecular weight excluding hydrogens is 457 g/mol. The number of hydrogen-bond donors (Lipinski definition) is 3. The van der Waals surface area contributed by atoms with Gasteiger partial charge in [0, 0.05) is 25.6 Å². The van der Waals surface area contributed by atoms with Crippen molar-refractivity contribution in [2.24, 2.45) is 5.41 Å². The van der Waals surface area contributed by atoms with E-state index in [4.69, 9.17) is 14.4 Å². The molecule has 0 aromatic carbocycles. The number of aryl methyl sites for hydroxylation is 1. The molecule has 2 heterocycles. The molecule has 1 fully saturated rings. The van der Waals surface area contributed by atoms with E-state index < -0.39 is 18.1 Å². The number of nitrogens with zero attached hydrogens (tertiary/aromatic N) is 3. The highest BCUT2D eigenvalue weighted by Crippen LogP contribution is 2.41. The van der Waals surface area contributed by atoms with Crippen LogP contribution in [0.3, 0.4) is 0 Å². The maximum absolute atomic E-state index is 11.3. The summed E-state index contributed by atoms with van der Waals surface area (Å²) < 4.78 is 37.2. The molecule has 0 spiro atoms. The number of aliphatic carboxylic acids is 2. The normalized spacial score (nSPS) is 15.1. The molecule has 188 valence electrons. The van der Waals surface area contributed by atoms with Crippen LogP contribution in [0.25, 0.3) is 0 Å². The van der Waals surface area contributed by atoms with E-state index in [0.717, 1.165) is 57.3 Å². The zero-order valence-electron chi connectivity index (χ0n) is 18.7. The summed E-state index contributed by atoms with van der Waals surface area (Å²) in [5.74, 6) is -1.32. The summed E-state index contributed by atoms with van der Waals surface area (Å²) in [6.07, 6.45) is 5.36. The lowest BCUT2D eigenvalue weighted by atomic mass is 9.69. The summed E-state index contributed by atoms with van der Waals surface area (Å²) >= 11 is 0. The molecule has 1 aliphatic rings. The van der Waals surface area contributed by atoms with E-state index in [1.807, 2.05) is 18.2 Å². The maximum Gasteiger partial charge on any atom is 0.490 e. The predicted molar refractivity (Wildman–Crippen MR) is 115 cm³/mol. The smallest absolute Gasteiger partial charge is 0.481 e. The van der Waals surface area contributed by atoms with Gasteiger partial charge in [0.2, 0.25) is 5.89 Å². The van der Waals surface area contributed by atoms with Gasteiger partial charge in [-0.25, -0.2) is 9.78 Å². The van der Waals surface area contributed by atoms with Crippen LogP contribution in [0.5, 0.6) is 0 Å². The third kappa shape index (κ3) is 9.75. The van der Waals surface area contributed by atoms with Crippen molar-refractivity contribution in [1.29, 1.82) is 0 Å². The Morgan fingerprint density at radius 1 is 1.12 bits per heavy atom. The lowest BCUT2D eigenvalue weighted by Crippen LogP contribution is -2.29. The zero-order chi connectivity index (χ0) is 25.0. The number of carboxylic acid groups (broad SMARTS) is 2. The summed E-state index contributed by atoms with van der Waals surface area (Å²) in [6.45, 7) is 0.851. The molecule has 0 atom stereocenters. The number of hydrogen-bond acceptors (Lipinski definition) is 7. The van der Waals surface area contributed by atoms with Crippen molar-refractivity contribution < 1.29 is 37.5 Å². The number of unbranched alkanes of at least 4 members (excludes halogenated alkanes) is 1. The van der Waals surface area contributed by atoms with Crippen LogP contribution in [-0.2, 0) is 22.4 Å².